The van der Waals surface area contributed by atoms with Gasteiger partial charge in [-0.05, 0) is 81.1 Å². The van der Waals surface area contributed by atoms with Crippen LogP contribution in [-0.4, -0.2) is 18.2 Å². The number of hydrogen-bond acceptors (Lipinski definition) is 3. The van der Waals surface area contributed by atoms with E-state index >= 15 is 0 Å². The Morgan fingerprint density at radius 1 is 1.17 bits per heavy atom. The van der Waals surface area contributed by atoms with E-state index in [0.29, 0.717) is 11.5 Å². The molecule has 0 aliphatic carbocycles. The molecule has 0 aromatic heterocycles. The van der Waals surface area contributed by atoms with Crippen molar-refractivity contribution >= 4 is 59.4 Å². The van der Waals surface area contributed by atoms with Crippen molar-refractivity contribution in [3.8, 4) is 5.75 Å². The molecule has 0 unspecified atom stereocenters. The highest BCUT2D eigenvalue weighted by atomic mass is 79.9. The maximum atomic E-state index is 11.9. The van der Waals surface area contributed by atoms with Crippen LogP contribution in [0.15, 0.2) is 54.9 Å². The summed E-state index contributed by atoms with van der Waals surface area (Å²) in [5.74, 6) is 0.257. The standard InChI is InChI=1S/C17H15Br3N2O2/c1-10-6-14(19)17(15(20)7-10)24-9-16(23)22-21-11(2)12-4-3-5-13(18)8-12/h3-8H,9H2,1-2H3,(H,22,23)/b21-11+. The molecule has 7 heteroatoms. The molecular weight excluding hydrogens is 504 g/mol. The largest absolute Gasteiger partial charge is 0.481 e. The van der Waals surface area contributed by atoms with E-state index in [9.17, 15) is 4.79 Å². The fourth-order valence-corrected chi connectivity index (χ4v) is 3.96. The van der Waals surface area contributed by atoms with Crippen molar-refractivity contribution < 1.29 is 9.53 Å². The van der Waals surface area contributed by atoms with Gasteiger partial charge in [0.05, 0.1) is 14.7 Å². The van der Waals surface area contributed by atoms with Gasteiger partial charge >= 0.3 is 0 Å². The molecule has 24 heavy (non-hydrogen) atoms. The maximum absolute atomic E-state index is 11.9. The number of aryl methyl sites for hydroxylation is 1. The lowest BCUT2D eigenvalue weighted by Gasteiger charge is -2.10. The van der Waals surface area contributed by atoms with Crippen molar-refractivity contribution in [1.29, 1.82) is 0 Å². The number of rotatable bonds is 5. The molecule has 0 aliphatic heterocycles. The van der Waals surface area contributed by atoms with Crippen LogP contribution in [0, 0.1) is 6.92 Å². The topological polar surface area (TPSA) is 50.7 Å². The molecule has 0 spiro atoms. The number of amides is 1. The van der Waals surface area contributed by atoms with Gasteiger partial charge in [-0.1, -0.05) is 28.1 Å². The Bertz CT molecular complexity index is 768. The van der Waals surface area contributed by atoms with E-state index in [0.717, 1.165) is 24.5 Å². The summed E-state index contributed by atoms with van der Waals surface area (Å²) in [5.41, 5.74) is 5.22. The minimum atomic E-state index is -0.330. The van der Waals surface area contributed by atoms with Gasteiger partial charge < -0.3 is 4.74 Å². The molecule has 2 aromatic carbocycles. The second kappa shape index (κ2) is 8.78. The number of benzene rings is 2. The highest BCUT2D eigenvalue weighted by Crippen LogP contribution is 2.34. The fourth-order valence-electron chi connectivity index (χ4n) is 1.92. The highest BCUT2D eigenvalue weighted by molar-refractivity contribution is 9.11. The van der Waals surface area contributed by atoms with Crippen LogP contribution in [0.1, 0.15) is 18.1 Å². The van der Waals surface area contributed by atoms with Crippen LogP contribution in [0.5, 0.6) is 5.75 Å². The van der Waals surface area contributed by atoms with Gasteiger partial charge in [0, 0.05) is 4.47 Å². The average molecular weight is 519 g/mol. The van der Waals surface area contributed by atoms with Crippen molar-refractivity contribution in [3.05, 3.63) is 60.9 Å². The molecule has 4 nitrogen and oxygen atoms in total. The fraction of sp³-hybridized carbons (Fsp3) is 0.176. The third-order valence-electron chi connectivity index (χ3n) is 3.08. The van der Waals surface area contributed by atoms with E-state index in [1.165, 1.54) is 0 Å². The van der Waals surface area contributed by atoms with Gasteiger partial charge in [0.15, 0.2) is 6.61 Å². The first-order chi connectivity index (χ1) is 11.4. The molecule has 1 N–H and O–H groups in total. The molecule has 1 amide bonds. The van der Waals surface area contributed by atoms with Gasteiger partial charge in [-0.25, -0.2) is 5.43 Å². The third-order valence-corrected chi connectivity index (χ3v) is 4.75. The van der Waals surface area contributed by atoms with Gasteiger partial charge in [0.25, 0.3) is 5.91 Å². The van der Waals surface area contributed by atoms with E-state index < -0.39 is 0 Å². The Kier molecular flexibility index (Phi) is 7.01. The summed E-state index contributed by atoms with van der Waals surface area (Å²) < 4.78 is 8.09. The number of hydrazone groups is 1. The first-order valence-electron chi connectivity index (χ1n) is 7.04. The molecule has 0 saturated heterocycles. The van der Waals surface area contributed by atoms with E-state index in [1.54, 1.807) is 0 Å². The monoisotopic (exact) mass is 516 g/mol. The average Bonchev–Trinajstić information content (AvgIpc) is 2.51. The van der Waals surface area contributed by atoms with Gasteiger partial charge in [-0.3, -0.25) is 4.79 Å². The molecule has 126 valence electrons. The predicted octanol–water partition coefficient (Wildman–Crippen LogP) is 5.20. The van der Waals surface area contributed by atoms with Crippen LogP contribution in [0.3, 0.4) is 0 Å². The number of nitrogens with one attached hydrogen (secondary N) is 1. The van der Waals surface area contributed by atoms with Crippen LogP contribution in [0.4, 0.5) is 0 Å². The second-order valence-corrected chi connectivity index (χ2v) is 7.71. The van der Waals surface area contributed by atoms with Crippen LogP contribution in [-0.2, 0) is 4.79 Å². The van der Waals surface area contributed by atoms with Crippen LogP contribution >= 0.6 is 47.8 Å². The molecule has 0 bridgehead atoms. The number of ether oxygens (including phenoxy) is 1. The normalized spacial score (nSPS) is 11.3. The summed E-state index contributed by atoms with van der Waals surface area (Å²) in [7, 11) is 0. The number of halogens is 3. The highest BCUT2D eigenvalue weighted by Gasteiger charge is 2.10. The Morgan fingerprint density at radius 2 is 1.83 bits per heavy atom. The van der Waals surface area contributed by atoms with E-state index in [2.05, 4.69) is 58.3 Å². The second-order valence-electron chi connectivity index (χ2n) is 5.09. The van der Waals surface area contributed by atoms with E-state index in [4.69, 9.17) is 4.74 Å². The third kappa shape index (κ3) is 5.43. The minimum absolute atomic E-state index is 0.129. The lowest BCUT2D eigenvalue weighted by atomic mass is 10.1. The van der Waals surface area contributed by atoms with Crippen molar-refractivity contribution in [2.24, 2.45) is 5.10 Å². The van der Waals surface area contributed by atoms with Crippen molar-refractivity contribution in [3.63, 3.8) is 0 Å². The lowest BCUT2D eigenvalue weighted by molar-refractivity contribution is -0.123. The van der Waals surface area contributed by atoms with Crippen LogP contribution < -0.4 is 10.2 Å². The van der Waals surface area contributed by atoms with Gasteiger partial charge in [-0.2, -0.15) is 5.10 Å². The van der Waals surface area contributed by atoms with Gasteiger partial charge in [-0.15, -0.1) is 0 Å². The summed E-state index contributed by atoms with van der Waals surface area (Å²) in [6, 6.07) is 11.5. The summed E-state index contributed by atoms with van der Waals surface area (Å²) in [6.45, 7) is 3.68. The molecule has 2 aromatic rings. The minimum Gasteiger partial charge on any atom is -0.481 e. The van der Waals surface area contributed by atoms with Gasteiger partial charge in [0.1, 0.15) is 5.75 Å². The summed E-state index contributed by atoms with van der Waals surface area (Å²) in [4.78, 5) is 11.9. The molecule has 0 atom stereocenters. The van der Waals surface area contributed by atoms with Crippen molar-refractivity contribution in [2.75, 3.05) is 6.61 Å². The van der Waals surface area contributed by atoms with E-state index in [-0.39, 0.29) is 12.5 Å². The number of hydrogen-bond donors (Lipinski definition) is 1. The Balaban J connectivity index is 1.96. The zero-order chi connectivity index (χ0) is 17.7. The molecule has 0 saturated carbocycles. The first kappa shape index (κ1) is 19.1. The number of carbonyl (C=O) groups excluding carboxylic acids is 1. The smallest absolute Gasteiger partial charge is 0.277 e. The summed E-state index contributed by atoms with van der Waals surface area (Å²) in [5, 5.41) is 4.10. The van der Waals surface area contributed by atoms with Crippen molar-refractivity contribution in [1.82, 2.24) is 5.43 Å². The first-order valence-corrected chi connectivity index (χ1v) is 9.42. The molecule has 2 rings (SSSR count). The predicted molar refractivity (Wildman–Crippen MR) is 107 cm³/mol. The molecule has 0 aliphatic rings. The SMILES string of the molecule is C/C(=N\NC(=O)COc1c(Br)cc(C)cc1Br)c1cccc(Br)c1. The lowest BCUT2D eigenvalue weighted by Crippen LogP contribution is -2.25. The molecule has 0 fully saturated rings. The van der Waals surface area contributed by atoms with Gasteiger partial charge in [0.2, 0.25) is 0 Å². The zero-order valence-electron chi connectivity index (χ0n) is 13.1. The molecule has 0 radical (unpaired) electrons. The zero-order valence-corrected chi connectivity index (χ0v) is 17.8. The molecule has 0 heterocycles. The van der Waals surface area contributed by atoms with E-state index in [1.807, 2.05) is 50.2 Å². The number of nitrogens with zero attached hydrogens (tertiary/aromatic N) is 1. The summed E-state index contributed by atoms with van der Waals surface area (Å²) >= 11 is 10.3. The Labute approximate surface area is 166 Å². The molecular formula is C17H15Br3N2O2. The van der Waals surface area contributed by atoms with Crippen molar-refractivity contribution in [2.45, 2.75) is 13.8 Å². The summed E-state index contributed by atoms with van der Waals surface area (Å²) in [6.07, 6.45) is 0. The Hall–Kier alpha value is -1.18. The maximum Gasteiger partial charge on any atom is 0.277 e. The Morgan fingerprint density at radius 3 is 2.46 bits per heavy atom. The van der Waals surface area contributed by atoms with Crippen LogP contribution in [0.25, 0.3) is 0 Å². The van der Waals surface area contributed by atoms with Crippen LogP contribution in [0.2, 0.25) is 0 Å². The number of carbonyl (C=O) groups is 1. The quantitative estimate of drug-likeness (QED) is 0.437.